The Balaban J connectivity index is 1.60. The van der Waals surface area contributed by atoms with Crippen molar-refractivity contribution in [1.82, 2.24) is 19.4 Å². The van der Waals surface area contributed by atoms with Gasteiger partial charge in [-0.15, -0.1) is 0 Å². The number of nitrogens with one attached hydrogen (secondary N) is 1. The van der Waals surface area contributed by atoms with E-state index in [0.717, 1.165) is 28.8 Å². The van der Waals surface area contributed by atoms with Crippen LogP contribution in [0.5, 0.6) is 0 Å². The number of rotatable bonds is 4. The van der Waals surface area contributed by atoms with Gasteiger partial charge in [0.1, 0.15) is 5.65 Å². The van der Waals surface area contributed by atoms with Crippen LogP contribution in [0.1, 0.15) is 49.4 Å². The molecule has 3 heterocycles. The predicted octanol–water partition coefficient (Wildman–Crippen LogP) is 4.68. The molecule has 3 aromatic heterocycles. The van der Waals surface area contributed by atoms with E-state index in [0.29, 0.717) is 11.8 Å². The molecule has 1 N–H and O–H groups in total. The Morgan fingerprint density at radius 1 is 1.04 bits per heavy atom. The molecule has 0 amide bonds. The highest BCUT2D eigenvalue weighted by atomic mass is 15.0. The summed E-state index contributed by atoms with van der Waals surface area (Å²) in [7, 11) is 0. The van der Waals surface area contributed by atoms with Crippen LogP contribution < -0.4 is 0 Å². The number of nitrogens with zero attached hydrogens (tertiary/aromatic N) is 3. The number of aromatic nitrogens is 4. The van der Waals surface area contributed by atoms with Crippen molar-refractivity contribution < 1.29 is 0 Å². The molecule has 0 saturated carbocycles. The van der Waals surface area contributed by atoms with Gasteiger partial charge in [0.25, 0.3) is 0 Å². The second kappa shape index (κ2) is 5.78. The normalized spacial score (nSPS) is 13.2. The SMILES string of the molecule is CC(C)c1ccc2nc(CC(C)c3ccc4[nH]cnc4c3)cn2c1. The molecule has 1 unspecified atom stereocenters. The van der Waals surface area contributed by atoms with Crippen LogP contribution in [0, 0.1) is 0 Å². The van der Waals surface area contributed by atoms with Gasteiger partial charge in [0.2, 0.25) is 0 Å². The Hall–Kier alpha value is -2.62. The summed E-state index contributed by atoms with van der Waals surface area (Å²) >= 11 is 0. The lowest BCUT2D eigenvalue weighted by Gasteiger charge is -2.10. The van der Waals surface area contributed by atoms with Gasteiger partial charge in [0.05, 0.1) is 23.1 Å². The summed E-state index contributed by atoms with van der Waals surface area (Å²) in [5.41, 5.74) is 6.89. The van der Waals surface area contributed by atoms with Gasteiger partial charge >= 0.3 is 0 Å². The minimum Gasteiger partial charge on any atom is -0.345 e. The van der Waals surface area contributed by atoms with Crippen LogP contribution in [-0.2, 0) is 6.42 Å². The van der Waals surface area contributed by atoms with Crippen molar-refractivity contribution in [3.63, 3.8) is 0 Å². The molecule has 0 aliphatic carbocycles. The van der Waals surface area contributed by atoms with Crippen molar-refractivity contribution in [2.75, 3.05) is 0 Å². The molecule has 4 nitrogen and oxygen atoms in total. The molecular weight excluding hydrogens is 296 g/mol. The van der Waals surface area contributed by atoms with E-state index < -0.39 is 0 Å². The summed E-state index contributed by atoms with van der Waals surface area (Å²) in [5.74, 6) is 0.931. The first-order valence-corrected chi connectivity index (χ1v) is 8.50. The third-order valence-corrected chi connectivity index (χ3v) is 4.72. The molecule has 1 atom stereocenters. The van der Waals surface area contributed by atoms with E-state index in [2.05, 4.69) is 77.9 Å². The summed E-state index contributed by atoms with van der Waals surface area (Å²) in [6, 6.07) is 10.7. The van der Waals surface area contributed by atoms with E-state index >= 15 is 0 Å². The van der Waals surface area contributed by atoms with Crippen LogP contribution >= 0.6 is 0 Å². The Kier molecular flexibility index (Phi) is 3.60. The van der Waals surface area contributed by atoms with Crippen molar-refractivity contribution in [2.45, 2.75) is 39.0 Å². The zero-order chi connectivity index (χ0) is 16.7. The first-order valence-electron chi connectivity index (χ1n) is 8.50. The number of imidazole rings is 2. The predicted molar refractivity (Wildman–Crippen MR) is 97.5 cm³/mol. The molecule has 0 aliphatic rings. The number of H-pyrrole nitrogens is 1. The zero-order valence-electron chi connectivity index (χ0n) is 14.3. The molecule has 0 fully saturated rings. The minimum atomic E-state index is 0.403. The van der Waals surface area contributed by atoms with Crippen LogP contribution in [0.25, 0.3) is 16.7 Å². The van der Waals surface area contributed by atoms with Gasteiger partial charge in [-0.25, -0.2) is 9.97 Å². The summed E-state index contributed by atoms with van der Waals surface area (Å²) in [6.07, 6.45) is 7.02. The highest BCUT2D eigenvalue weighted by Crippen LogP contribution is 2.24. The van der Waals surface area contributed by atoms with Crippen molar-refractivity contribution in [2.24, 2.45) is 0 Å². The Labute approximate surface area is 141 Å². The largest absolute Gasteiger partial charge is 0.345 e. The molecule has 0 aliphatic heterocycles. The van der Waals surface area contributed by atoms with Crippen LogP contribution in [0.4, 0.5) is 0 Å². The van der Waals surface area contributed by atoms with E-state index in [1.165, 1.54) is 11.1 Å². The number of aromatic amines is 1. The van der Waals surface area contributed by atoms with Gasteiger partial charge in [0, 0.05) is 12.4 Å². The number of benzene rings is 1. The lowest BCUT2D eigenvalue weighted by atomic mass is 9.96. The molecule has 4 aromatic rings. The summed E-state index contributed by atoms with van der Waals surface area (Å²) in [5, 5.41) is 0. The van der Waals surface area contributed by atoms with Crippen LogP contribution in [-0.4, -0.2) is 19.4 Å². The van der Waals surface area contributed by atoms with Crippen LogP contribution in [0.2, 0.25) is 0 Å². The van der Waals surface area contributed by atoms with Crippen molar-refractivity contribution >= 4 is 16.7 Å². The van der Waals surface area contributed by atoms with Gasteiger partial charge in [-0.1, -0.05) is 32.9 Å². The summed E-state index contributed by atoms with van der Waals surface area (Å²) in [6.45, 7) is 6.68. The molecule has 0 bridgehead atoms. The third-order valence-electron chi connectivity index (χ3n) is 4.72. The minimum absolute atomic E-state index is 0.403. The fraction of sp³-hybridized carbons (Fsp3) is 0.300. The van der Waals surface area contributed by atoms with Gasteiger partial charge in [-0.05, 0) is 47.6 Å². The summed E-state index contributed by atoms with van der Waals surface area (Å²) in [4.78, 5) is 12.3. The van der Waals surface area contributed by atoms with Gasteiger partial charge in [0.15, 0.2) is 0 Å². The Bertz CT molecular complexity index is 993. The lowest BCUT2D eigenvalue weighted by molar-refractivity contribution is 0.746. The molecule has 0 radical (unpaired) electrons. The van der Waals surface area contributed by atoms with E-state index in [1.54, 1.807) is 6.33 Å². The maximum absolute atomic E-state index is 4.77. The zero-order valence-corrected chi connectivity index (χ0v) is 14.3. The topological polar surface area (TPSA) is 46.0 Å². The fourth-order valence-corrected chi connectivity index (χ4v) is 3.19. The van der Waals surface area contributed by atoms with Gasteiger partial charge in [-0.2, -0.15) is 0 Å². The van der Waals surface area contributed by atoms with E-state index in [1.807, 2.05) is 0 Å². The molecule has 0 saturated heterocycles. The number of pyridine rings is 1. The Morgan fingerprint density at radius 2 is 1.88 bits per heavy atom. The highest BCUT2D eigenvalue weighted by Gasteiger charge is 2.11. The molecule has 4 heteroatoms. The molecule has 24 heavy (non-hydrogen) atoms. The maximum atomic E-state index is 4.77. The summed E-state index contributed by atoms with van der Waals surface area (Å²) < 4.78 is 2.15. The number of hydrogen-bond donors (Lipinski definition) is 1. The second-order valence-corrected chi connectivity index (χ2v) is 6.90. The Morgan fingerprint density at radius 3 is 2.71 bits per heavy atom. The quantitative estimate of drug-likeness (QED) is 0.594. The van der Waals surface area contributed by atoms with Gasteiger partial charge in [-0.3, -0.25) is 0 Å². The first kappa shape index (κ1) is 14.9. The van der Waals surface area contributed by atoms with Gasteiger partial charge < -0.3 is 9.38 Å². The molecule has 4 rings (SSSR count). The smallest absolute Gasteiger partial charge is 0.136 e. The van der Waals surface area contributed by atoms with Crippen LogP contribution in [0.15, 0.2) is 49.1 Å². The molecular formula is C20H22N4. The molecule has 0 spiro atoms. The van der Waals surface area contributed by atoms with Crippen LogP contribution in [0.3, 0.4) is 0 Å². The van der Waals surface area contributed by atoms with E-state index in [4.69, 9.17) is 4.98 Å². The van der Waals surface area contributed by atoms with E-state index in [9.17, 15) is 0 Å². The third kappa shape index (κ3) is 2.68. The lowest BCUT2D eigenvalue weighted by Crippen LogP contribution is -1.98. The van der Waals surface area contributed by atoms with Crippen molar-refractivity contribution in [3.8, 4) is 0 Å². The molecule has 1 aromatic carbocycles. The average molecular weight is 318 g/mol. The standard InChI is InChI=1S/C20H22N4/c1-13(2)16-5-7-20-23-17(11-24(20)10-16)8-14(3)15-4-6-18-19(9-15)22-12-21-18/h4-7,9-14H,8H2,1-3H3,(H,21,22). The monoisotopic (exact) mass is 318 g/mol. The first-order chi connectivity index (χ1) is 11.6. The second-order valence-electron chi connectivity index (χ2n) is 6.90. The number of fused-ring (bicyclic) bond motifs is 2. The van der Waals surface area contributed by atoms with Crippen molar-refractivity contribution in [1.29, 1.82) is 0 Å². The maximum Gasteiger partial charge on any atom is 0.136 e. The van der Waals surface area contributed by atoms with E-state index in [-0.39, 0.29) is 0 Å². The fourth-order valence-electron chi connectivity index (χ4n) is 3.19. The van der Waals surface area contributed by atoms with Crippen molar-refractivity contribution in [3.05, 3.63) is 65.9 Å². The number of hydrogen-bond acceptors (Lipinski definition) is 2. The average Bonchev–Trinajstić information content (AvgIpc) is 3.18. The highest BCUT2D eigenvalue weighted by molar-refractivity contribution is 5.75. The molecule has 122 valence electrons.